The molecule has 0 aromatic heterocycles. The normalized spacial score (nSPS) is 33.9. The number of fused-ring (bicyclic) bond motifs is 1. The summed E-state index contributed by atoms with van der Waals surface area (Å²) in [6.07, 6.45) is 22.2. The third-order valence-electron chi connectivity index (χ3n) is 6.04. The van der Waals surface area contributed by atoms with E-state index in [1.807, 2.05) is 0 Å². The molecule has 1 aliphatic heterocycles. The van der Waals surface area contributed by atoms with Crippen LogP contribution in [0.1, 0.15) is 111 Å². The lowest BCUT2D eigenvalue weighted by Crippen LogP contribution is -2.43. The van der Waals surface area contributed by atoms with E-state index in [1.165, 1.54) is 95.5 Å². The molecule has 1 aliphatic carbocycles. The van der Waals surface area contributed by atoms with Crippen molar-refractivity contribution >= 4 is 0 Å². The molecule has 2 fully saturated rings. The first-order valence-electron chi connectivity index (χ1n) is 10.4. The van der Waals surface area contributed by atoms with Crippen LogP contribution in [0.2, 0.25) is 0 Å². The zero-order chi connectivity index (χ0) is 16.5. The fourth-order valence-electron chi connectivity index (χ4n) is 4.48. The van der Waals surface area contributed by atoms with Crippen LogP contribution in [0.5, 0.6) is 0 Å². The van der Waals surface area contributed by atoms with Gasteiger partial charge in [0.25, 0.3) is 0 Å². The predicted molar refractivity (Wildman–Crippen MR) is 101 cm³/mol. The molecule has 3 unspecified atom stereocenters. The van der Waals surface area contributed by atoms with E-state index >= 15 is 0 Å². The monoisotopic (exact) mass is 320 g/mol. The second-order valence-electron chi connectivity index (χ2n) is 8.63. The van der Waals surface area contributed by atoms with Crippen LogP contribution in [0, 0.1) is 5.92 Å². The molecule has 2 aliphatic rings. The molecule has 1 saturated heterocycles. The molecule has 0 aromatic rings. The second-order valence-corrected chi connectivity index (χ2v) is 8.63. The Morgan fingerprint density at radius 3 is 2.17 bits per heavy atom. The molecule has 0 radical (unpaired) electrons. The summed E-state index contributed by atoms with van der Waals surface area (Å²) in [6.45, 7) is 6.78. The fourth-order valence-corrected chi connectivity index (χ4v) is 4.48. The maximum absolute atomic E-state index is 6.73. The molecule has 2 rings (SSSR count). The van der Waals surface area contributed by atoms with Gasteiger partial charge in [0.2, 0.25) is 0 Å². The Morgan fingerprint density at radius 1 is 0.913 bits per heavy atom. The summed E-state index contributed by atoms with van der Waals surface area (Å²) in [4.78, 5) is 0. The van der Waals surface area contributed by atoms with Crippen molar-refractivity contribution in [2.24, 2.45) is 5.92 Å². The molecule has 0 amide bonds. The molecule has 1 heteroatoms. The van der Waals surface area contributed by atoms with Crippen molar-refractivity contribution in [2.45, 2.75) is 122 Å². The summed E-state index contributed by atoms with van der Waals surface area (Å²) in [7, 11) is 0. The minimum absolute atomic E-state index is 0.129. The van der Waals surface area contributed by atoms with Crippen molar-refractivity contribution in [3.05, 3.63) is 11.6 Å². The molecular weight excluding hydrogens is 280 g/mol. The second kappa shape index (κ2) is 9.87. The van der Waals surface area contributed by atoms with Gasteiger partial charge in [-0.2, -0.15) is 0 Å². The van der Waals surface area contributed by atoms with Gasteiger partial charge in [0.15, 0.2) is 0 Å². The van der Waals surface area contributed by atoms with Crippen LogP contribution in [0.15, 0.2) is 11.6 Å². The van der Waals surface area contributed by atoms with E-state index in [0.717, 1.165) is 5.92 Å². The van der Waals surface area contributed by atoms with E-state index < -0.39 is 0 Å². The summed E-state index contributed by atoms with van der Waals surface area (Å²) in [5, 5.41) is 0. The zero-order valence-corrected chi connectivity index (χ0v) is 16.0. The average Bonchev–Trinajstić information content (AvgIpc) is 2.48. The van der Waals surface area contributed by atoms with Gasteiger partial charge in [0.1, 0.15) is 0 Å². The Kier molecular flexibility index (Phi) is 8.16. The summed E-state index contributed by atoms with van der Waals surface area (Å²) in [5.74, 6) is 0.839. The summed E-state index contributed by atoms with van der Waals surface area (Å²) in [5.41, 5.74) is 1.57. The molecule has 134 valence electrons. The highest BCUT2D eigenvalue weighted by Gasteiger charge is 2.37. The van der Waals surface area contributed by atoms with Gasteiger partial charge < -0.3 is 4.74 Å². The average molecular weight is 321 g/mol. The molecular formula is C22H40O. The van der Waals surface area contributed by atoms with Crippen molar-refractivity contribution in [3.8, 4) is 0 Å². The maximum Gasteiger partial charge on any atom is 0.0661 e. The zero-order valence-electron chi connectivity index (χ0n) is 16.0. The van der Waals surface area contributed by atoms with E-state index in [4.69, 9.17) is 4.74 Å². The summed E-state index contributed by atoms with van der Waals surface area (Å²) in [6, 6.07) is 0. The van der Waals surface area contributed by atoms with E-state index in [9.17, 15) is 0 Å². The number of ether oxygens (including phenoxy) is 1. The SMILES string of the molecule is CC(C)=CCCC1(C)CCC2CCCCCCCCCCC2O1. The van der Waals surface area contributed by atoms with Crippen molar-refractivity contribution in [2.75, 3.05) is 0 Å². The van der Waals surface area contributed by atoms with Gasteiger partial charge >= 0.3 is 0 Å². The van der Waals surface area contributed by atoms with Gasteiger partial charge in [-0.25, -0.2) is 0 Å². The first kappa shape index (κ1) is 19.0. The highest BCUT2D eigenvalue weighted by Crippen LogP contribution is 2.40. The topological polar surface area (TPSA) is 9.23 Å². The standard InChI is InChI=1S/C22H40O/c1-19(2)13-12-17-22(3)18-16-20-14-10-8-6-4-5-7-9-11-15-21(20)23-22/h13,20-21H,4-12,14-18H2,1-3H3. The number of hydrogen-bond acceptors (Lipinski definition) is 1. The predicted octanol–water partition coefficient (Wildman–Crippen LogP) is 7.20. The van der Waals surface area contributed by atoms with Crippen LogP contribution in [0.25, 0.3) is 0 Å². The van der Waals surface area contributed by atoms with Crippen LogP contribution < -0.4 is 0 Å². The molecule has 0 N–H and O–H groups in total. The lowest BCUT2D eigenvalue weighted by molar-refractivity contribution is -0.151. The summed E-state index contributed by atoms with van der Waals surface area (Å²) < 4.78 is 6.73. The first-order valence-corrected chi connectivity index (χ1v) is 10.4. The lowest BCUT2D eigenvalue weighted by Gasteiger charge is -2.44. The first-order chi connectivity index (χ1) is 11.1. The Hall–Kier alpha value is -0.300. The molecule has 0 bridgehead atoms. The Balaban J connectivity index is 1.89. The quantitative estimate of drug-likeness (QED) is 0.499. The molecule has 1 saturated carbocycles. The van der Waals surface area contributed by atoms with Crippen LogP contribution in [-0.2, 0) is 4.74 Å². The molecule has 3 atom stereocenters. The maximum atomic E-state index is 6.73. The van der Waals surface area contributed by atoms with Crippen molar-refractivity contribution in [1.82, 2.24) is 0 Å². The van der Waals surface area contributed by atoms with E-state index in [1.54, 1.807) is 0 Å². The molecule has 23 heavy (non-hydrogen) atoms. The number of allylic oxidation sites excluding steroid dienone is 2. The van der Waals surface area contributed by atoms with Gasteiger partial charge in [-0.05, 0) is 65.2 Å². The van der Waals surface area contributed by atoms with Crippen molar-refractivity contribution in [1.29, 1.82) is 0 Å². The van der Waals surface area contributed by atoms with Crippen LogP contribution in [-0.4, -0.2) is 11.7 Å². The minimum Gasteiger partial charge on any atom is -0.372 e. The number of rotatable bonds is 3. The summed E-state index contributed by atoms with van der Waals surface area (Å²) >= 11 is 0. The Morgan fingerprint density at radius 2 is 1.52 bits per heavy atom. The van der Waals surface area contributed by atoms with Crippen LogP contribution in [0.3, 0.4) is 0 Å². The largest absolute Gasteiger partial charge is 0.372 e. The van der Waals surface area contributed by atoms with Gasteiger partial charge in [0, 0.05) is 0 Å². The third kappa shape index (κ3) is 6.99. The smallest absolute Gasteiger partial charge is 0.0661 e. The van der Waals surface area contributed by atoms with Gasteiger partial charge in [-0.1, -0.05) is 63.0 Å². The fraction of sp³-hybridized carbons (Fsp3) is 0.909. The van der Waals surface area contributed by atoms with E-state index in [0.29, 0.717) is 6.10 Å². The van der Waals surface area contributed by atoms with Gasteiger partial charge in [-0.3, -0.25) is 0 Å². The highest BCUT2D eigenvalue weighted by molar-refractivity contribution is 4.95. The Labute approximate surface area is 145 Å². The minimum atomic E-state index is 0.129. The third-order valence-corrected chi connectivity index (χ3v) is 6.04. The van der Waals surface area contributed by atoms with Crippen molar-refractivity contribution in [3.63, 3.8) is 0 Å². The van der Waals surface area contributed by atoms with E-state index in [-0.39, 0.29) is 5.60 Å². The lowest BCUT2D eigenvalue weighted by atomic mass is 9.79. The van der Waals surface area contributed by atoms with E-state index in [2.05, 4.69) is 26.8 Å². The molecule has 1 heterocycles. The van der Waals surface area contributed by atoms with Crippen LogP contribution >= 0.6 is 0 Å². The van der Waals surface area contributed by atoms with Crippen LogP contribution in [0.4, 0.5) is 0 Å². The molecule has 0 spiro atoms. The molecule has 1 nitrogen and oxygen atoms in total. The number of hydrogen-bond donors (Lipinski definition) is 0. The molecule has 0 aromatic carbocycles. The van der Waals surface area contributed by atoms with Gasteiger partial charge in [0.05, 0.1) is 11.7 Å². The Bertz CT molecular complexity index is 355. The van der Waals surface area contributed by atoms with Gasteiger partial charge in [-0.15, -0.1) is 0 Å². The highest BCUT2D eigenvalue weighted by atomic mass is 16.5. The van der Waals surface area contributed by atoms with Crippen molar-refractivity contribution < 1.29 is 4.74 Å².